The van der Waals surface area contributed by atoms with Gasteiger partial charge in [-0.3, -0.25) is 0 Å². The summed E-state index contributed by atoms with van der Waals surface area (Å²) < 4.78 is 0. The van der Waals surface area contributed by atoms with E-state index < -0.39 is 0 Å². The van der Waals surface area contributed by atoms with Crippen LogP contribution in [0, 0.1) is 6.92 Å². The fourth-order valence-corrected chi connectivity index (χ4v) is 2.86. The number of hydrogen-bond acceptors (Lipinski definition) is 5. The number of benzene rings is 1. The van der Waals surface area contributed by atoms with Gasteiger partial charge < -0.3 is 4.79 Å². The maximum Gasteiger partial charge on any atom is 0.125 e. The molecule has 5 heteroatoms. The van der Waals surface area contributed by atoms with Crippen LogP contribution in [0.2, 0.25) is 0 Å². The number of carbonyl (C=O) groups is 1. The summed E-state index contributed by atoms with van der Waals surface area (Å²) in [6.45, 7) is 1.86. The minimum atomic E-state index is 0.428. The van der Waals surface area contributed by atoms with Gasteiger partial charge in [0, 0.05) is 23.6 Å². The number of hydrogen-bond donors (Lipinski definition) is 0. The second kappa shape index (κ2) is 5.93. The smallest absolute Gasteiger partial charge is 0.125 e. The summed E-state index contributed by atoms with van der Waals surface area (Å²) in [4.78, 5) is 23.7. The van der Waals surface area contributed by atoms with Crippen LogP contribution >= 0.6 is 11.3 Å². The first-order chi connectivity index (χ1) is 10.3. The Bertz CT molecular complexity index is 782. The standard InChI is InChI=1S/C16H13N3OS/c1-11-17-7-5-14(18-11)15-10-21-16(19-15)13-4-2-3-12(9-13)6-8-20/h2-5,7-10H,6H2,1H3. The van der Waals surface area contributed by atoms with Gasteiger partial charge in [0.15, 0.2) is 0 Å². The van der Waals surface area contributed by atoms with E-state index >= 15 is 0 Å². The molecule has 0 spiro atoms. The highest BCUT2D eigenvalue weighted by Gasteiger charge is 2.08. The molecule has 1 aromatic carbocycles. The average Bonchev–Trinajstić information content (AvgIpc) is 2.98. The molecular formula is C16H13N3OS. The van der Waals surface area contributed by atoms with E-state index in [0.717, 1.165) is 39.6 Å². The van der Waals surface area contributed by atoms with Crippen LogP contribution in [-0.2, 0) is 11.2 Å². The summed E-state index contributed by atoms with van der Waals surface area (Å²) in [7, 11) is 0. The molecule has 0 saturated carbocycles. The Labute approximate surface area is 126 Å². The van der Waals surface area contributed by atoms with E-state index in [1.807, 2.05) is 42.6 Å². The molecule has 0 aliphatic carbocycles. The highest BCUT2D eigenvalue weighted by molar-refractivity contribution is 7.13. The van der Waals surface area contributed by atoms with E-state index in [4.69, 9.17) is 0 Å². The number of nitrogens with zero attached hydrogens (tertiary/aromatic N) is 3. The van der Waals surface area contributed by atoms with E-state index in [1.54, 1.807) is 17.5 Å². The number of aromatic nitrogens is 3. The molecule has 2 aromatic heterocycles. The normalized spacial score (nSPS) is 10.5. The molecule has 21 heavy (non-hydrogen) atoms. The summed E-state index contributed by atoms with van der Waals surface area (Å²) in [6, 6.07) is 9.75. The van der Waals surface area contributed by atoms with Gasteiger partial charge in [-0.05, 0) is 24.6 Å². The molecule has 0 aliphatic rings. The molecule has 0 amide bonds. The fraction of sp³-hybridized carbons (Fsp3) is 0.125. The van der Waals surface area contributed by atoms with Crippen molar-refractivity contribution in [3.63, 3.8) is 0 Å². The van der Waals surface area contributed by atoms with Crippen molar-refractivity contribution in [2.24, 2.45) is 0 Å². The predicted molar refractivity (Wildman–Crippen MR) is 83.1 cm³/mol. The van der Waals surface area contributed by atoms with Gasteiger partial charge in [-0.25, -0.2) is 15.0 Å². The molecule has 0 atom stereocenters. The van der Waals surface area contributed by atoms with E-state index in [1.165, 1.54) is 0 Å². The van der Waals surface area contributed by atoms with Crippen molar-refractivity contribution in [1.29, 1.82) is 0 Å². The molecule has 4 nitrogen and oxygen atoms in total. The van der Waals surface area contributed by atoms with Crippen LogP contribution in [-0.4, -0.2) is 21.2 Å². The molecule has 0 unspecified atom stereocenters. The van der Waals surface area contributed by atoms with E-state index in [2.05, 4.69) is 15.0 Å². The summed E-state index contributed by atoms with van der Waals surface area (Å²) in [5.74, 6) is 0.732. The lowest BCUT2D eigenvalue weighted by atomic mass is 10.1. The zero-order valence-corrected chi connectivity index (χ0v) is 12.3. The van der Waals surface area contributed by atoms with Gasteiger partial charge >= 0.3 is 0 Å². The molecule has 3 rings (SSSR count). The Hall–Kier alpha value is -2.40. The van der Waals surface area contributed by atoms with Gasteiger partial charge in [-0.1, -0.05) is 18.2 Å². The van der Waals surface area contributed by atoms with E-state index in [0.29, 0.717) is 6.42 Å². The SMILES string of the molecule is Cc1nccc(-c2csc(-c3cccc(CC=O)c3)n2)n1. The van der Waals surface area contributed by atoms with Crippen LogP contribution in [0.15, 0.2) is 41.9 Å². The molecule has 0 bridgehead atoms. The lowest BCUT2D eigenvalue weighted by Gasteiger charge is -2.00. The fourth-order valence-electron chi connectivity index (χ4n) is 2.05. The molecule has 104 valence electrons. The third-order valence-electron chi connectivity index (χ3n) is 3.04. The number of thiazole rings is 1. The van der Waals surface area contributed by atoms with E-state index in [-0.39, 0.29) is 0 Å². The summed E-state index contributed by atoms with van der Waals surface area (Å²) >= 11 is 1.57. The monoisotopic (exact) mass is 295 g/mol. The minimum absolute atomic E-state index is 0.428. The van der Waals surface area contributed by atoms with Crippen LogP contribution in [0.5, 0.6) is 0 Å². The van der Waals surface area contributed by atoms with Crippen molar-refractivity contribution in [3.8, 4) is 22.0 Å². The van der Waals surface area contributed by atoms with Gasteiger partial charge in [-0.2, -0.15) is 0 Å². The van der Waals surface area contributed by atoms with Gasteiger partial charge in [0.25, 0.3) is 0 Å². The lowest BCUT2D eigenvalue weighted by molar-refractivity contribution is -0.107. The zero-order valence-electron chi connectivity index (χ0n) is 11.5. The largest absolute Gasteiger partial charge is 0.303 e. The maximum absolute atomic E-state index is 10.6. The number of rotatable bonds is 4. The lowest BCUT2D eigenvalue weighted by Crippen LogP contribution is -1.90. The van der Waals surface area contributed by atoms with E-state index in [9.17, 15) is 4.79 Å². The van der Waals surface area contributed by atoms with Crippen LogP contribution in [0.1, 0.15) is 11.4 Å². The molecule has 0 fully saturated rings. The average molecular weight is 295 g/mol. The Balaban J connectivity index is 1.94. The van der Waals surface area contributed by atoms with Crippen molar-refractivity contribution in [2.75, 3.05) is 0 Å². The molecular weight excluding hydrogens is 282 g/mol. The molecule has 3 aromatic rings. The highest BCUT2D eigenvalue weighted by atomic mass is 32.1. The van der Waals surface area contributed by atoms with Crippen LogP contribution < -0.4 is 0 Å². The number of aldehydes is 1. The molecule has 0 radical (unpaired) electrons. The third-order valence-corrected chi connectivity index (χ3v) is 3.93. The van der Waals surface area contributed by atoms with Gasteiger partial charge in [0.05, 0.1) is 5.69 Å². The first kappa shape index (κ1) is 13.6. The van der Waals surface area contributed by atoms with Crippen LogP contribution in [0.4, 0.5) is 0 Å². The summed E-state index contributed by atoms with van der Waals surface area (Å²) in [5, 5.41) is 2.91. The van der Waals surface area contributed by atoms with Gasteiger partial charge in [0.1, 0.15) is 22.8 Å². The molecule has 0 aliphatic heterocycles. The second-order valence-electron chi connectivity index (χ2n) is 4.60. The third kappa shape index (κ3) is 3.03. The minimum Gasteiger partial charge on any atom is -0.303 e. The van der Waals surface area contributed by atoms with Crippen molar-refractivity contribution < 1.29 is 4.79 Å². The van der Waals surface area contributed by atoms with Gasteiger partial charge in [-0.15, -0.1) is 11.3 Å². The molecule has 0 N–H and O–H groups in total. The number of carbonyl (C=O) groups excluding carboxylic acids is 1. The highest BCUT2D eigenvalue weighted by Crippen LogP contribution is 2.28. The quantitative estimate of drug-likeness (QED) is 0.693. The van der Waals surface area contributed by atoms with Crippen molar-refractivity contribution >= 4 is 17.6 Å². The van der Waals surface area contributed by atoms with Gasteiger partial charge in [0.2, 0.25) is 0 Å². The first-order valence-corrected chi connectivity index (χ1v) is 7.43. The second-order valence-corrected chi connectivity index (χ2v) is 5.46. The van der Waals surface area contributed by atoms with Crippen LogP contribution in [0.3, 0.4) is 0 Å². The van der Waals surface area contributed by atoms with Crippen LogP contribution in [0.25, 0.3) is 22.0 Å². The Morgan fingerprint density at radius 1 is 1.19 bits per heavy atom. The maximum atomic E-state index is 10.6. The topological polar surface area (TPSA) is 55.7 Å². The Morgan fingerprint density at radius 3 is 2.90 bits per heavy atom. The van der Waals surface area contributed by atoms with Crippen molar-refractivity contribution in [2.45, 2.75) is 13.3 Å². The predicted octanol–water partition coefficient (Wildman–Crippen LogP) is 3.32. The van der Waals surface area contributed by atoms with Crippen molar-refractivity contribution in [1.82, 2.24) is 15.0 Å². The number of aryl methyl sites for hydroxylation is 1. The first-order valence-electron chi connectivity index (χ1n) is 6.55. The summed E-state index contributed by atoms with van der Waals surface area (Å²) in [6.07, 6.45) is 3.08. The van der Waals surface area contributed by atoms with Crippen molar-refractivity contribution in [3.05, 3.63) is 53.3 Å². The Kier molecular flexibility index (Phi) is 3.83. The molecule has 0 saturated heterocycles. The zero-order chi connectivity index (χ0) is 14.7. The summed E-state index contributed by atoms with van der Waals surface area (Å²) in [5.41, 5.74) is 3.70. The Morgan fingerprint density at radius 2 is 2.10 bits per heavy atom. The molecule has 2 heterocycles.